The summed E-state index contributed by atoms with van der Waals surface area (Å²) in [5.41, 5.74) is 3.41. The molecule has 0 fully saturated rings. The van der Waals surface area contributed by atoms with Gasteiger partial charge in [-0.15, -0.1) is 0 Å². The Bertz CT molecular complexity index is 1230. The van der Waals surface area contributed by atoms with E-state index in [0.29, 0.717) is 0 Å². The minimum Gasteiger partial charge on any atom is -0.0905 e. The molecule has 0 radical (unpaired) electrons. The molecule has 0 aliphatic heterocycles. The molecule has 5 rings (SSSR count). The minimum absolute atomic E-state index is 1.06. The van der Waals surface area contributed by atoms with Crippen molar-refractivity contribution in [2.75, 3.05) is 0 Å². The first kappa shape index (κ1) is 14.7. The van der Waals surface area contributed by atoms with Crippen molar-refractivity contribution in [3.05, 3.63) is 101 Å². The first-order valence-corrected chi connectivity index (χ1v) is 9.13. The monoisotopic (exact) mass is 382 g/mol. The van der Waals surface area contributed by atoms with Crippen LogP contribution < -0.4 is 0 Å². The molecule has 0 atom stereocenters. The van der Waals surface area contributed by atoms with E-state index in [1.165, 1.54) is 37.9 Å². The molecule has 0 aliphatic rings. The van der Waals surface area contributed by atoms with E-state index in [1.807, 2.05) is 0 Å². The third-order valence-electron chi connectivity index (χ3n) is 5.05. The Hall–Kier alpha value is -2.64. The lowest BCUT2D eigenvalue weighted by molar-refractivity contribution is 1.57. The normalized spacial score (nSPS) is 11.6. The van der Waals surface area contributed by atoms with Gasteiger partial charge in [-0.05, 0) is 61.2 Å². The third kappa shape index (κ3) is 2.20. The topological polar surface area (TPSA) is 0 Å². The first-order chi connectivity index (χ1) is 12.2. The Morgan fingerprint density at radius 2 is 1.24 bits per heavy atom. The van der Waals surface area contributed by atoms with Gasteiger partial charge in [-0.25, -0.2) is 0 Å². The molecule has 0 aromatic heterocycles. The Morgan fingerprint density at radius 3 is 1.96 bits per heavy atom. The van der Waals surface area contributed by atoms with Crippen LogP contribution in [0.1, 0.15) is 11.1 Å². The highest BCUT2D eigenvalue weighted by Crippen LogP contribution is 2.38. The summed E-state index contributed by atoms with van der Waals surface area (Å²) < 4.78 is 1.08. The molecule has 1 heteroatoms. The highest BCUT2D eigenvalue weighted by Gasteiger charge is 2.13. The average Bonchev–Trinajstić information content (AvgIpc) is 2.66. The van der Waals surface area contributed by atoms with E-state index in [0.717, 1.165) is 15.6 Å². The van der Waals surface area contributed by atoms with Crippen LogP contribution in [-0.4, -0.2) is 0 Å². The number of hydrogen-bond acceptors (Lipinski definition) is 0. The van der Waals surface area contributed by atoms with Crippen molar-refractivity contribution in [1.82, 2.24) is 0 Å². The van der Waals surface area contributed by atoms with E-state index in [1.54, 1.807) is 0 Å². The van der Waals surface area contributed by atoms with Crippen LogP contribution in [0.4, 0.5) is 0 Å². The second-order valence-electron chi connectivity index (χ2n) is 6.45. The third-order valence-corrected chi connectivity index (χ3v) is 5.58. The highest BCUT2D eigenvalue weighted by molar-refractivity contribution is 9.10. The first-order valence-electron chi connectivity index (χ1n) is 8.34. The lowest BCUT2D eigenvalue weighted by Gasteiger charge is -2.15. The fourth-order valence-electron chi connectivity index (χ4n) is 3.81. The van der Waals surface area contributed by atoms with Gasteiger partial charge in [0.1, 0.15) is 0 Å². The Kier molecular flexibility index (Phi) is 3.19. The van der Waals surface area contributed by atoms with Crippen LogP contribution in [-0.2, 0) is 0 Å². The largest absolute Gasteiger partial charge is 0.0905 e. The zero-order valence-corrected chi connectivity index (χ0v) is 15.2. The van der Waals surface area contributed by atoms with Crippen LogP contribution in [0.3, 0.4) is 0 Å². The molecular formula is C24H15Br. The van der Waals surface area contributed by atoms with Crippen molar-refractivity contribution in [2.24, 2.45) is 0 Å². The van der Waals surface area contributed by atoms with Crippen molar-refractivity contribution in [2.45, 2.75) is 0 Å². The van der Waals surface area contributed by atoms with Crippen molar-refractivity contribution >= 4 is 53.8 Å². The second-order valence-corrected chi connectivity index (χ2v) is 7.37. The predicted molar refractivity (Wildman–Crippen MR) is 112 cm³/mol. The molecule has 5 aromatic rings. The molecule has 25 heavy (non-hydrogen) atoms. The van der Waals surface area contributed by atoms with Gasteiger partial charge in [0.2, 0.25) is 0 Å². The quantitative estimate of drug-likeness (QED) is 0.279. The minimum atomic E-state index is 1.06. The van der Waals surface area contributed by atoms with Gasteiger partial charge in [0.25, 0.3) is 0 Å². The van der Waals surface area contributed by atoms with E-state index in [-0.39, 0.29) is 0 Å². The van der Waals surface area contributed by atoms with Gasteiger partial charge < -0.3 is 0 Å². The number of hydrogen-bond donors (Lipinski definition) is 0. The smallest absolute Gasteiger partial charge is 0.0175 e. The predicted octanol–water partition coefficient (Wildman–Crippen LogP) is 7.41. The molecule has 0 bridgehead atoms. The summed E-state index contributed by atoms with van der Waals surface area (Å²) in [5, 5.41) is 7.83. The van der Waals surface area contributed by atoms with Gasteiger partial charge in [-0.1, -0.05) is 89.2 Å². The highest BCUT2D eigenvalue weighted by atomic mass is 79.9. The molecular weight excluding hydrogens is 368 g/mol. The van der Waals surface area contributed by atoms with E-state index in [2.05, 4.69) is 101 Å². The zero-order chi connectivity index (χ0) is 17.0. The van der Waals surface area contributed by atoms with Crippen molar-refractivity contribution in [3.8, 4) is 0 Å². The van der Waals surface area contributed by atoms with Gasteiger partial charge >= 0.3 is 0 Å². The Morgan fingerprint density at radius 1 is 0.640 bits per heavy atom. The number of benzene rings is 5. The van der Waals surface area contributed by atoms with Gasteiger partial charge in [-0.2, -0.15) is 0 Å². The summed E-state index contributed by atoms with van der Waals surface area (Å²) in [6.45, 7) is 4.39. The molecule has 0 saturated heterocycles. The van der Waals surface area contributed by atoms with Gasteiger partial charge in [0.05, 0.1) is 0 Å². The van der Waals surface area contributed by atoms with Crippen LogP contribution in [0, 0.1) is 0 Å². The van der Waals surface area contributed by atoms with Crippen LogP contribution in [0.15, 0.2) is 89.9 Å². The average molecular weight is 383 g/mol. The maximum Gasteiger partial charge on any atom is 0.0175 e. The maximum absolute atomic E-state index is 4.39. The van der Waals surface area contributed by atoms with Gasteiger partial charge in [0, 0.05) is 4.47 Å². The van der Waals surface area contributed by atoms with Crippen molar-refractivity contribution < 1.29 is 0 Å². The van der Waals surface area contributed by atoms with E-state index >= 15 is 0 Å². The molecule has 0 N–H and O–H groups in total. The fourth-order valence-corrected chi connectivity index (χ4v) is 4.07. The molecule has 0 aliphatic carbocycles. The van der Waals surface area contributed by atoms with Crippen LogP contribution in [0.5, 0.6) is 0 Å². The zero-order valence-electron chi connectivity index (χ0n) is 13.6. The number of halogens is 1. The van der Waals surface area contributed by atoms with E-state index in [9.17, 15) is 0 Å². The van der Waals surface area contributed by atoms with Crippen molar-refractivity contribution in [3.63, 3.8) is 0 Å². The Balaban J connectivity index is 1.84. The molecule has 0 heterocycles. The summed E-state index contributed by atoms with van der Waals surface area (Å²) >= 11 is 3.51. The standard InChI is InChI=1S/C24H15Br/c1-15(16-7-11-20(25)12-8-16)21-13-9-19-6-5-17-3-2-4-18-10-14-22(21)24(19)23(17)18/h2-14H,1H2. The summed E-state index contributed by atoms with van der Waals surface area (Å²) in [4.78, 5) is 0. The summed E-state index contributed by atoms with van der Waals surface area (Å²) in [7, 11) is 0. The second kappa shape index (κ2) is 5.44. The van der Waals surface area contributed by atoms with Crippen LogP contribution in [0.25, 0.3) is 37.9 Å². The fraction of sp³-hybridized carbons (Fsp3) is 0. The van der Waals surface area contributed by atoms with Gasteiger partial charge in [0.15, 0.2) is 0 Å². The SMILES string of the molecule is C=C(c1ccc(Br)cc1)c1ccc2ccc3cccc4ccc1c2c34. The number of rotatable bonds is 2. The van der Waals surface area contributed by atoms with Gasteiger partial charge in [-0.3, -0.25) is 0 Å². The molecule has 0 unspecified atom stereocenters. The van der Waals surface area contributed by atoms with E-state index in [4.69, 9.17) is 0 Å². The van der Waals surface area contributed by atoms with Crippen molar-refractivity contribution in [1.29, 1.82) is 0 Å². The molecule has 0 spiro atoms. The Labute approximate surface area is 154 Å². The summed E-state index contributed by atoms with van der Waals surface area (Å²) in [6, 6.07) is 28.2. The molecule has 118 valence electrons. The molecule has 0 amide bonds. The lowest BCUT2D eigenvalue weighted by atomic mass is 9.88. The molecule has 5 aromatic carbocycles. The molecule has 0 saturated carbocycles. The van der Waals surface area contributed by atoms with Crippen LogP contribution in [0.2, 0.25) is 0 Å². The van der Waals surface area contributed by atoms with E-state index < -0.39 is 0 Å². The summed E-state index contributed by atoms with van der Waals surface area (Å²) in [5.74, 6) is 0. The maximum atomic E-state index is 4.39. The lowest BCUT2D eigenvalue weighted by Crippen LogP contribution is -1.91. The van der Waals surface area contributed by atoms with Crippen LogP contribution >= 0.6 is 15.9 Å². The summed E-state index contributed by atoms with van der Waals surface area (Å²) in [6.07, 6.45) is 0. The molecule has 0 nitrogen and oxygen atoms in total.